The quantitative estimate of drug-likeness (QED) is 0.796. The summed E-state index contributed by atoms with van der Waals surface area (Å²) in [5.41, 5.74) is 2.46. The Morgan fingerprint density at radius 1 is 1.18 bits per heavy atom. The molecular weight excluding hydrogens is 356 g/mol. The SMILES string of the molecule is CCC(C)C(C(=O)O)c1ccc(CN2N=C(c3ccccc3)OCC2=O)cc1. The van der Waals surface area contributed by atoms with E-state index >= 15 is 0 Å². The maximum atomic E-state index is 12.2. The van der Waals surface area contributed by atoms with Crippen LogP contribution >= 0.6 is 0 Å². The van der Waals surface area contributed by atoms with Crippen molar-refractivity contribution in [3.05, 3.63) is 71.3 Å². The van der Waals surface area contributed by atoms with Crippen LogP contribution in [-0.2, 0) is 20.9 Å². The fourth-order valence-electron chi connectivity index (χ4n) is 3.20. The molecule has 1 N–H and O–H groups in total. The normalized spacial score (nSPS) is 16.1. The Morgan fingerprint density at radius 3 is 2.46 bits per heavy atom. The van der Waals surface area contributed by atoms with Gasteiger partial charge in [0.1, 0.15) is 0 Å². The van der Waals surface area contributed by atoms with Crippen LogP contribution < -0.4 is 0 Å². The second kappa shape index (κ2) is 8.69. The van der Waals surface area contributed by atoms with E-state index < -0.39 is 11.9 Å². The largest absolute Gasteiger partial charge is 0.481 e. The van der Waals surface area contributed by atoms with Gasteiger partial charge in [0.05, 0.1) is 12.5 Å². The Bertz CT molecular complexity index is 862. The van der Waals surface area contributed by atoms with Gasteiger partial charge in [0.15, 0.2) is 6.61 Å². The second-order valence-corrected chi connectivity index (χ2v) is 6.95. The van der Waals surface area contributed by atoms with Gasteiger partial charge >= 0.3 is 5.97 Å². The van der Waals surface area contributed by atoms with Crippen molar-refractivity contribution in [3.8, 4) is 0 Å². The Labute approximate surface area is 164 Å². The lowest BCUT2D eigenvalue weighted by atomic mass is 9.85. The second-order valence-electron chi connectivity index (χ2n) is 6.95. The van der Waals surface area contributed by atoms with E-state index in [4.69, 9.17) is 4.74 Å². The van der Waals surface area contributed by atoms with Gasteiger partial charge in [-0.25, -0.2) is 5.01 Å². The summed E-state index contributed by atoms with van der Waals surface area (Å²) in [6.45, 7) is 4.18. The van der Waals surface area contributed by atoms with Gasteiger partial charge in [-0.2, -0.15) is 0 Å². The number of carbonyl (C=O) groups excluding carboxylic acids is 1. The van der Waals surface area contributed by atoms with Crippen molar-refractivity contribution >= 4 is 17.8 Å². The Morgan fingerprint density at radius 2 is 1.86 bits per heavy atom. The number of carboxylic acids is 1. The van der Waals surface area contributed by atoms with Crippen LogP contribution in [0.1, 0.15) is 42.9 Å². The van der Waals surface area contributed by atoms with Gasteiger partial charge in [-0.15, -0.1) is 5.10 Å². The van der Waals surface area contributed by atoms with Crippen LogP contribution in [0, 0.1) is 5.92 Å². The molecule has 2 atom stereocenters. The number of rotatable bonds is 7. The molecular formula is C22H24N2O4. The van der Waals surface area contributed by atoms with Gasteiger partial charge in [0, 0.05) is 5.56 Å². The lowest BCUT2D eigenvalue weighted by Gasteiger charge is -2.24. The summed E-state index contributed by atoms with van der Waals surface area (Å²) in [7, 11) is 0. The number of benzene rings is 2. The third kappa shape index (κ3) is 4.39. The molecule has 6 nitrogen and oxygen atoms in total. The number of hydrogen-bond donors (Lipinski definition) is 1. The predicted molar refractivity (Wildman–Crippen MR) is 106 cm³/mol. The molecule has 0 radical (unpaired) electrons. The number of carbonyl (C=O) groups is 2. The van der Waals surface area contributed by atoms with Crippen LogP contribution in [0.15, 0.2) is 59.7 Å². The first-order valence-electron chi connectivity index (χ1n) is 9.38. The molecule has 0 fully saturated rings. The molecule has 28 heavy (non-hydrogen) atoms. The fourth-order valence-corrected chi connectivity index (χ4v) is 3.20. The molecule has 2 unspecified atom stereocenters. The topological polar surface area (TPSA) is 79.2 Å². The summed E-state index contributed by atoms with van der Waals surface area (Å²) < 4.78 is 5.45. The van der Waals surface area contributed by atoms with Crippen LogP contribution in [0.2, 0.25) is 0 Å². The van der Waals surface area contributed by atoms with E-state index in [1.165, 1.54) is 5.01 Å². The van der Waals surface area contributed by atoms with Gasteiger partial charge in [0.2, 0.25) is 5.90 Å². The minimum atomic E-state index is -0.817. The molecule has 1 aliphatic rings. The van der Waals surface area contributed by atoms with E-state index in [-0.39, 0.29) is 18.4 Å². The Kier molecular flexibility index (Phi) is 6.09. The molecule has 1 heterocycles. The van der Waals surface area contributed by atoms with Crippen molar-refractivity contribution in [2.45, 2.75) is 32.7 Å². The molecule has 1 aliphatic heterocycles. The summed E-state index contributed by atoms with van der Waals surface area (Å²) in [6, 6.07) is 16.8. The molecule has 3 rings (SSSR count). The number of carboxylic acid groups (broad SMARTS) is 1. The van der Waals surface area contributed by atoms with E-state index in [1.54, 1.807) is 0 Å². The molecule has 0 aromatic heterocycles. The molecule has 0 saturated heterocycles. The number of hydrazone groups is 1. The minimum absolute atomic E-state index is 0.0437. The van der Waals surface area contributed by atoms with Crippen LogP contribution in [0.4, 0.5) is 0 Å². The first-order chi connectivity index (χ1) is 13.5. The van der Waals surface area contributed by atoms with Crippen molar-refractivity contribution in [2.75, 3.05) is 6.61 Å². The molecule has 146 valence electrons. The number of nitrogens with zero attached hydrogens (tertiary/aromatic N) is 2. The third-order valence-corrected chi connectivity index (χ3v) is 5.00. The van der Waals surface area contributed by atoms with Gasteiger partial charge in [-0.1, -0.05) is 62.7 Å². The maximum Gasteiger partial charge on any atom is 0.311 e. The highest BCUT2D eigenvalue weighted by atomic mass is 16.5. The number of hydrogen-bond acceptors (Lipinski definition) is 4. The highest BCUT2D eigenvalue weighted by Gasteiger charge is 2.26. The van der Waals surface area contributed by atoms with Crippen molar-refractivity contribution in [2.24, 2.45) is 11.0 Å². The van der Waals surface area contributed by atoms with Gasteiger partial charge in [-0.05, 0) is 29.2 Å². The Balaban J connectivity index is 1.77. The van der Waals surface area contributed by atoms with E-state index in [2.05, 4.69) is 5.10 Å². The van der Waals surface area contributed by atoms with Crippen LogP contribution in [-0.4, -0.2) is 34.5 Å². The summed E-state index contributed by atoms with van der Waals surface area (Å²) in [5, 5.41) is 15.3. The molecule has 2 aromatic rings. The van der Waals surface area contributed by atoms with Crippen LogP contribution in [0.25, 0.3) is 0 Å². The zero-order valence-electron chi connectivity index (χ0n) is 16.0. The zero-order valence-corrected chi connectivity index (χ0v) is 16.0. The highest BCUT2D eigenvalue weighted by molar-refractivity contribution is 5.97. The smallest absolute Gasteiger partial charge is 0.311 e. The lowest BCUT2D eigenvalue weighted by molar-refractivity contribution is -0.140. The van der Waals surface area contributed by atoms with E-state index in [0.29, 0.717) is 12.4 Å². The van der Waals surface area contributed by atoms with E-state index in [9.17, 15) is 14.7 Å². The highest BCUT2D eigenvalue weighted by Crippen LogP contribution is 2.27. The fraction of sp³-hybridized carbons (Fsp3) is 0.318. The van der Waals surface area contributed by atoms with E-state index in [1.807, 2.05) is 68.4 Å². The summed E-state index contributed by atoms with van der Waals surface area (Å²) in [4.78, 5) is 23.8. The number of aliphatic carboxylic acids is 1. The van der Waals surface area contributed by atoms with Gasteiger partial charge in [0.25, 0.3) is 5.91 Å². The molecule has 0 bridgehead atoms. The summed E-state index contributed by atoms with van der Waals surface area (Å²) in [5.74, 6) is -1.11. The molecule has 0 spiro atoms. The average Bonchev–Trinajstić information content (AvgIpc) is 2.71. The zero-order chi connectivity index (χ0) is 20.1. The first kappa shape index (κ1) is 19.6. The molecule has 0 saturated carbocycles. The number of amides is 1. The van der Waals surface area contributed by atoms with Gasteiger partial charge in [-0.3, -0.25) is 9.59 Å². The van der Waals surface area contributed by atoms with Gasteiger partial charge < -0.3 is 9.84 Å². The lowest BCUT2D eigenvalue weighted by Crippen LogP contribution is -2.36. The third-order valence-electron chi connectivity index (χ3n) is 5.00. The van der Waals surface area contributed by atoms with Crippen LogP contribution in [0.3, 0.4) is 0 Å². The van der Waals surface area contributed by atoms with Crippen molar-refractivity contribution < 1.29 is 19.4 Å². The molecule has 6 heteroatoms. The molecule has 2 aromatic carbocycles. The van der Waals surface area contributed by atoms with Crippen molar-refractivity contribution in [1.29, 1.82) is 0 Å². The van der Waals surface area contributed by atoms with Crippen LogP contribution in [0.5, 0.6) is 0 Å². The minimum Gasteiger partial charge on any atom is -0.481 e. The average molecular weight is 380 g/mol. The standard InChI is InChI=1S/C22H24N2O4/c1-3-15(2)20(22(26)27)17-11-9-16(10-12-17)13-24-19(25)14-28-21(23-24)18-7-5-4-6-8-18/h4-12,15,20H,3,13-14H2,1-2H3,(H,26,27). The Hall–Kier alpha value is -3.15. The van der Waals surface area contributed by atoms with Crippen molar-refractivity contribution in [1.82, 2.24) is 5.01 Å². The monoisotopic (exact) mass is 380 g/mol. The summed E-state index contributed by atoms with van der Waals surface area (Å²) in [6.07, 6.45) is 0.790. The van der Waals surface area contributed by atoms with E-state index in [0.717, 1.165) is 23.1 Å². The summed E-state index contributed by atoms with van der Waals surface area (Å²) >= 11 is 0. The molecule has 1 amide bonds. The first-order valence-corrected chi connectivity index (χ1v) is 9.38. The maximum absolute atomic E-state index is 12.2. The van der Waals surface area contributed by atoms with Crippen molar-refractivity contribution in [3.63, 3.8) is 0 Å². The predicted octanol–water partition coefficient (Wildman–Crippen LogP) is 3.62. The molecule has 0 aliphatic carbocycles. The number of ether oxygens (including phenoxy) is 1.